The van der Waals surface area contributed by atoms with Gasteiger partial charge in [-0.2, -0.15) is 0 Å². The van der Waals surface area contributed by atoms with Crippen molar-refractivity contribution in [1.82, 2.24) is 0 Å². The summed E-state index contributed by atoms with van der Waals surface area (Å²) in [6.45, 7) is 14.2. The Morgan fingerprint density at radius 1 is 0.733 bits per heavy atom. The highest BCUT2D eigenvalue weighted by atomic mass is 14.2. The van der Waals surface area contributed by atoms with Crippen molar-refractivity contribution in [2.24, 2.45) is 23.7 Å². The fourth-order valence-electron chi connectivity index (χ4n) is 2.78. The molecular weight excluding hydrogens is 180 g/mol. The quantitative estimate of drug-likeness (QED) is 0.497. The Bertz CT molecular complexity index is 123. The molecule has 0 radical (unpaired) electrons. The summed E-state index contributed by atoms with van der Waals surface area (Å²) in [6.07, 6.45) is 7.05. The summed E-state index contributed by atoms with van der Waals surface area (Å²) in [4.78, 5) is 0. The topological polar surface area (TPSA) is 0 Å². The molecule has 0 fully saturated rings. The molecule has 0 saturated carbocycles. The summed E-state index contributed by atoms with van der Waals surface area (Å²) in [7, 11) is 0. The van der Waals surface area contributed by atoms with E-state index in [2.05, 4.69) is 41.5 Å². The fourth-order valence-corrected chi connectivity index (χ4v) is 2.78. The Labute approximate surface area is 97.8 Å². The molecular formula is C15H32. The molecule has 0 heteroatoms. The van der Waals surface area contributed by atoms with Gasteiger partial charge in [-0.25, -0.2) is 0 Å². The first-order valence-corrected chi connectivity index (χ1v) is 7.02. The Morgan fingerprint density at radius 3 is 1.53 bits per heavy atom. The largest absolute Gasteiger partial charge is 0.0651 e. The molecule has 0 heterocycles. The third-order valence-electron chi connectivity index (χ3n) is 4.02. The van der Waals surface area contributed by atoms with E-state index < -0.39 is 0 Å². The molecule has 0 rings (SSSR count). The van der Waals surface area contributed by atoms with Crippen LogP contribution in [-0.2, 0) is 0 Å². The van der Waals surface area contributed by atoms with Crippen molar-refractivity contribution in [3.63, 3.8) is 0 Å². The Kier molecular flexibility index (Phi) is 8.19. The summed E-state index contributed by atoms with van der Waals surface area (Å²) in [5, 5.41) is 0. The SMILES string of the molecule is CCC(CC)CCCC(C(C)C)C(C)C. The van der Waals surface area contributed by atoms with Gasteiger partial charge in [0.15, 0.2) is 0 Å². The van der Waals surface area contributed by atoms with E-state index in [9.17, 15) is 0 Å². The molecule has 0 atom stereocenters. The lowest BCUT2D eigenvalue weighted by Gasteiger charge is -2.25. The highest BCUT2D eigenvalue weighted by Gasteiger charge is 2.17. The highest BCUT2D eigenvalue weighted by Crippen LogP contribution is 2.27. The van der Waals surface area contributed by atoms with E-state index in [0.29, 0.717) is 0 Å². The first-order valence-electron chi connectivity index (χ1n) is 7.02. The standard InChI is InChI=1S/C15H32/c1-7-14(8-2)10-9-11-15(12(3)4)13(5)6/h12-15H,7-11H2,1-6H3. The molecule has 0 unspecified atom stereocenters. The van der Waals surface area contributed by atoms with Crippen LogP contribution in [0.2, 0.25) is 0 Å². The van der Waals surface area contributed by atoms with Gasteiger partial charge in [0, 0.05) is 0 Å². The molecule has 0 N–H and O–H groups in total. The van der Waals surface area contributed by atoms with Crippen LogP contribution in [0, 0.1) is 23.7 Å². The van der Waals surface area contributed by atoms with E-state index in [1.165, 1.54) is 32.1 Å². The van der Waals surface area contributed by atoms with Gasteiger partial charge in [-0.1, -0.05) is 67.2 Å². The van der Waals surface area contributed by atoms with Gasteiger partial charge in [0.25, 0.3) is 0 Å². The van der Waals surface area contributed by atoms with Crippen molar-refractivity contribution in [1.29, 1.82) is 0 Å². The van der Waals surface area contributed by atoms with Gasteiger partial charge in [-0.15, -0.1) is 0 Å². The molecule has 0 aliphatic carbocycles. The second kappa shape index (κ2) is 8.19. The summed E-state index contributed by atoms with van der Waals surface area (Å²) in [6, 6.07) is 0. The third kappa shape index (κ3) is 6.22. The average molecular weight is 212 g/mol. The molecule has 0 nitrogen and oxygen atoms in total. The average Bonchev–Trinajstić information content (AvgIpc) is 2.17. The van der Waals surface area contributed by atoms with E-state index in [1.807, 2.05) is 0 Å². The molecule has 0 aliphatic rings. The predicted octanol–water partition coefficient (Wildman–Crippen LogP) is 5.52. The molecule has 0 aromatic rings. The lowest BCUT2D eigenvalue weighted by molar-refractivity contribution is 0.254. The number of rotatable bonds is 8. The van der Waals surface area contributed by atoms with E-state index in [0.717, 1.165) is 23.7 Å². The predicted molar refractivity (Wildman–Crippen MR) is 71.1 cm³/mol. The fraction of sp³-hybridized carbons (Fsp3) is 1.00. The summed E-state index contributed by atoms with van der Waals surface area (Å²) in [5.74, 6) is 3.61. The van der Waals surface area contributed by atoms with E-state index in [4.69, 9.17) is 0 Å². The molecule has 0 aromatic heterocycles. The Morgan fingerprint density at radius 2 is 1.20 bits per heavy atom. The van der Waals surface area contributed by atoms with Gasteiger partial charge in [0.05, 0.1) is 0 Å². The zero-order chi connectivity index (χ0) is 11.8. The maximum Gasteiger partial charge on any atom is -0.0368 e. The van der Waals surface area contributed by atoms with Crippen LogP contribution in [0.4, 0.5) is 0 Å². The van der Waals surface area contributed by atoms with Crippen molar-refractivity contribution in [2.45, 2.75) is 73.6 Å². The smallest absolute Gasteiger partial charge is 0.0368 e. The normalized spacial score (nSPS) is 12.4. The van der Waals surface area contributed by atoms with E-state index >= 15 is 0 Å². The summed E-state index contributed by atoms with van der Waals surface area (Å²) < 4.78 is 0. The van der Waals surface area contributed by atoms with Gasteiger partial charge in [0.1, 0.15) is 0 Å². The van der Waals surface area contributed by atoms with Crippen LogP contribution in [0.3, 0.4) is 0 Å². The minimum absolute atomic E-state index is 0.853. The van der Waals surface area contributed by atoms with Crippen LogP contribution in [-0.4, -0.2) is 0 Å². The van der Waals surface area contributed by atoms with Crippen LogP contribution < -0.4 is 0 Å². The molecule has 0 aliphatic heterocycles. The molecule has 0 aromatic carbocycles. The highest BCUT2D eigenvalue weighted by molar-refractivity contribution is 4.67. The zero-order valence-corrected chi connectivity index (χ0v) is 11.8. The van der Waals surface area contributed by atoms with Crippen LogP contribution in [0.1, 0.15) is 73.6 Å². The lowest BCUT2D eigenvalue weighted by Crippen LogP contribution is -2.15. The molecule has 0 spiro atoms. The second-order valence-electron chi connectivity index (χ2n) is 5.77. The van der Waals surface area contributed by atoms with Crippen LogP contribution in [0.25, 0.3) is 0 Å². The first kappa shape index (κ1) is 15.0. The lowest BCUT2D eigenvalue weighted by atomic mass is 9.81. The molecule has 15 heavy (non-hydrogen) atoms. The molecule has 0 saturated heterocycles. The summed E-state index contributed by atoms with van der Waals surface area (Å²) >= 11 is 0. The van der Waals surface area contributed by atoms with Gasteiger partial charge < -0.3 is 0 Å². The van der Waals surface area contributed by atoms with Crippen molar-refractivity contribution in [3.8, 4) is 0 Å². The van der Waals surface area contributed by atoms with Gasteiger partial charge in [0.2, 0.25) is 0 Å². The maximum absolute atomic E-state index is 2.38. The minimum atomic E-state index is 0.853. The van der Waals surface area contributed by atoms with Crippen molar-refractivity contribution < 1.29 is 0 Å². The molecule has 0 bridgehead atoms. The van der Waals surface area contributed by atoms with E-state index in [1.54, 1.807) is 0 Å². The maximum atomic E-state index is 2.38. The van der Waals surface area contributed by atoms with Crippen LogP contribution in [0.5, 0.6) is 0 Å². The Balaban J connectivity index is 3.80. The monoisotopic (exact) mass is 212 g/mol. The van der Waals surface area contributed by atoms with Gasteiger partial charge >= 0.3 is 0 Å². The van der Waals surface area contributed by atoms with Crippen molar-refractivity contribution >= 4 is 0 Å². The number of hydrogen-bond donors (Lipinski definition) is 0. The second-order valence-corrected chi connectivity index (χ2v) is 5.77. The molecule has 92 valence electrons. The minimum Gasteiger partial charge on any atom is -0.0651 e. The number of hydrogen-bond acceptors (Lipinski definition) is 0. The van der Waals surface area contributed by atoms with Crippen LogP contribution in [0.15, 0.2) is 0 Å². The van der Waals surface area contributed by atoms with Gasteiger partial charge in [-0.05, 0) is 30.1 Å². The molecule has 0 amide bonds. The van der Waals surface area contributed by atoms with Crippen LogP contribution >= 0.6 is 0 Å². The summed E-state index contributed by atoms with van der Waals surface area (Å²) in [5.41, 5.74) is 0. The van der Waals surface area contributed by atoms with Crippen molar-refractivity contribution in [2.75, 3.05) is 0 Å². The zero-order valence-electron chi connectivity index (χ0n) is 11.8. The van der Waals surface area contributed by atoms with Crippen molar-refractivity contribution in [3.05, 3.63) is 0 Å². The first-order chi connectivity index (χ1) is 7.02. The van der Waals surface area contributed by atoms with Gasteiger partial charge in [-0.3, -0.25) is 0 Å². The third-order valence-corrected chi connectivity index (χ3v) is 4.02. The Hall–Kier alpha value is 0. The van der Waals surface area contributed by atoms with E-state index in [-0.39, 0.29) is 0 Å².